The van der Waals surface area contributed by atoms with Gasteiger partial charge in [0.15, 0.2) is 0 Å². The van der Waals surface area contributed by atoms with Crippen molar-refractivity contribution in [2.45, 2.75) is 38.1 Å². The van der Waals surface area contributed by atoms with Crippen molar-refractivity contribution in [3.8, 4) is 0 Å². The summed E-state index contributed by atoms with van der Waals surface area (Å²) in [6.45, 7) is 2.37. The van der Waals surface area contributed by atoms with Gasteiger partial charge in [0.2, 0.25) is 0 Å². The third kappa shape index (κ3) is 4.88. The Morgan fingerprint density at radius 3 is 2.57 bits per heavy atom. The van der Waals surface area contributed by atoms with Crippen LogP contribution in [0.4, 0.5) is 0 Å². The predicted molar refractivity (Wildman–Crippen MR) is 62.3 cm³/mol. The summed E-state index contributed by atoms with van der Waals surface area (Å²) in [7, 11) is 0. The summed E-state index contributed by atoms with van der Waals surface area (Å²) in [6, 6.07) is 0.767. The Morgan fingerprint density at radius 1 is 1.36 bits per heavy atom. The quantitative estimate of drug-likeness (QED) is 0.467. The lowest BCUT2D eigenvalue weighted by molar-refractivity contribution is 0.239. The van der Waals surface area contributed by atoms with E-state index >= 15 is 0 Å². The van der Waals surface area contributed by atoms with E-state index in [1.54, 1.807) is 0 Å². The van der Waals surface area contributed by atoms with E-state index in [4.69, 9.17) is 23.1 Å². The predicted octanol–water partition coefficient (Wildman–Crippen LogP) is 0.899. The number of rotatable bonds is 8. The monoisotopic (exact) mass is 216 g/mol. The Morgan fingerprint density at radius 2 is 2.07 bits per heavy atom. The minimum Gasteiger partial charge on any atom is -0.396 e. The van der Waals surface area contributed by atoms with Crippen molar-refractivity contribution >= 4 is 17.2 Å². The lowest BCUT2D eigenvalue weighted by Gasteiger charge is -2.21. The minimum absolute atomic E-state index is 0.299. The van der Waals surface area contributed by atoms with Crippen molar-refractivity contribution in [1.82, 2.24) is 4.90 Å². The smallest absolute Gasteiger partial charge is 0.0740 e. The van der Waals surface area contributed by atoms with E-state index in [9.17, 15) is 0 Å². The highest BCUT2D eigenvalue weighted by atomic mass is 32.1. The van der Waals surface area contributed by atoms with Gasteiger partial charge in [-0.05, 0) is 32.2 Å². The van der Waals surface area contributed by atoms with Gasteiger partial charge in [-0.1, -0.05) is 12.2 Å². The van der Waals surface area contributed by atoms with Crippen LogP contribution in [-0.4, -0.2) is 40.7 Å². The summed E-state index contributed by atoms with van der Waals surface area (Å²) in [5.41, 5.74) is 5.48. The van der Waals surface area contributed by atoms with Gasteiger partial charge in [-0.25, -0.2) is 0 Å². The maximum atomic E-state index is 8.69. The molecule has 0 heterocycles. The molecule has 3 N–H and O–H groups in total. The van der Waals surface area contributed by atoms with Crippen molar-refractivity contribution in [3.63, 3.8) is 0 Å². The van der Waals surface area contributed by atoms with Crippen LogP contribution in [0.1, 0.15) is 32.1 Å². The Hall–Kier alpha value is -0.190. The molecule has 0 unspecified atom stereocenters. The van der Waals surface area contributed by atoms with Gasteiger partial charge < -0.3 is 10.8 Å². The summed E-state index contributed by atoms with van der Waals surface area (Å²) in [6.07, 6.45) is 5.43. The topological polar surface area (TPSA) is 49.5 Å². The molecule has 82 valence electrons. The first-order chi connectivity index (χ1) is 6.74. The first-order valence-corrected chi connectivity index (χ1v) is 5.78. The molecule has 1 saturated carbocycles. The van der Waals surface area contributed by atoms with Crippen LogP contribution in [0.5, 0.6) is 0 Å². The molecule has 0 aliphatic heterocycles. The number of hydrogen-bond acceptors (Lipinski definition) is 3. The number of aliphatic hydroxyl groups excluding tert-OH is 1. The molecule has 0 radical (unpaired) electrons. The Bertz CT molecular complexity index is 183. The fraction of sp³-hybridized carbons (Fsp3) is 0.900. The van der Waals surface area contributed by atoms with Crippen molar-refractivity contribution in [3.05, 3.63) is 0 Å². The molecular formula is C10H20N2OS. The second-order valence-corrected chi connectivity index (χ2v) is 4.44. The normalized spacial score (nSPS) is 16.1. The lowest BCUT2D eigenvalue weighted by Crippen LogP contribution is -2.30. The van der Waals surface area contributed by atoms with Gasteiger partial charge >= 0.3 is 0 Å². The van der Waals surface area contributed by atoms with Crippen molar-refractivity contribution in [2.75, 3.05) is 19.7 Å². The van der Waals surface area contributed by atoms with Crippen LogP contribution in [0.3, 0.4) is 0 Å². The summed E-state index contributed by atoms with van der Waals surface area (Å²) < 4.78 is 0. The SMILES string of the molecule is NC(=S)CCN(CCCCO)C1CC1. The number of aliphatic hydroxyl groups is 1. The van der Waals surface area contributed by atoms with Gasteiger partial charge in [0, 0.05) is 25.6 Å². The Balaban J connectivity index is 2.14. The maximum Gasteiger partial charge on any atom is 0.0740 e. The molecule has 3 nitrogen and oxygen atoms in total. The molecule has 0 aromatic carbocycles. The van der Waals surface area contributed by atoms with E-state index < -0.39 is 0 Å². The maximum absolute atomic E-state index is 8.69. The number of nitrogens with zero attached hydrogens (tertiary/aromatic N) is 1. The molecule has 0 amide bonds. The molecule has 14 heavy (non-hydrogen) atoms. The third-order valence-electron chi connectivity index (χ3n) is 2.56. The fourth-order valence-electron chi connectivity index (χ4n) is 1.60. The average molecular weight is 216 g/mol. The zero-order chi connectivity index (χ0) is 10.4. The Labute approximate surface area is 91.3 Å². The number of thiocarbonyl (C=S) groups is 1. The largest absolute Gasteiger partial charge is 0.396 e. The summed E-state index contributed by atoms with van der Waals surface area (Å²) in [4.78, 5) is 3.06. The lowest BCUT2D eigenvalue weighted by atomic mass is 10.2. The second-order valence-electron chi connectivity index (χ2n) is 3.91. The highest BCUT2D eigenvalue weighted by Gasteiger charge is 2.27. The van der Waals surface area contributed by atoms with Crippen LogP contribution in [0.25, 0.3) is 0 Å². The van der Waals surface area contributed by atoms with Crippen LogP contribution in [0, 0.1) is 0 Å². The highest BCUT2D eigenvalue weighted by Crippen LogP contribution is 2.27. The molecule has 0 atom stereocenters. The first kappa shape index (κ1) is 11.9. The zero-order valence-corrected chi connectivity index (χ0v) is 9.43. The molecule has 0 saturated heterocycles. The molecular weight excluding hydrogens is 196 g/mol. The van der Waals surface area contributed by atoms with Crippen LogP contribution >= 0.6 is 12.2 Å². The molecule has 0 bridgehead atoms. The zero-order valence-electron chi connectivity index (χ0n) is 8.61. The number of nitrogens with two attached hydrogens (primary N) is 1. The van der Waals surface area contributed by atoms with Gasteiger partial charge in [-0.3, -0.25) is 4.90 Å². The van der Waals surface area contributed by atoms with E-state index in [2.05, 4.69) is 4.90 Å². The minimum atomic E-state index is 0.299. The first-order valence-electron chi connectivity index (χ1n) is 5.37. The fourth-order valence-corrected chi connectivity index (χ4v) is 1.69. The summed E-state index contributed by atoms with van der Waals surface area (Å²) >= 11 is 4.87. The van der Waals surface area contributed by atoms with E-state index in [0.717, 1.165) is 38.4 Å². The van der Waals surface area contributed by atoms with E-state index in [1.165, 1.54) is 12.8 Å². The Kier molecular flexibility index (Phi) is 5.37. The molecule has 4 heteroatoms. The molecule has 0 spiro atoms. The molecule has 1 aliphatic rings. The molecule has 1 rings (SSSR count). The second kappa shape index (κ2) is 6.32. The molecule has 1 aliphatic carbocycles. The highest BCUT2D eigenvalue weighted by molar-refractivity contribution is 7.80. The van der Waals surface area contributed by atoms with Crippen LogP contribution in [0.2, 0.25) is 0 Å². The van der Waals surface area contributed by atoms with E-state index in [-0.39, 0.29) is 0 Å². The molecule has 0 aromatic rings. The standard InChI is InChI=1S/C10H20N2OS/c11-10(14)5-7-12(9-3-4-9)6-1-2-8-13/h9,13H,1-8H2,(H2,11,14). The number of hydrogen-bond donors (Lipinski definition) is 2. The summed E-state index contributed by atoms with van der Waals surface area (Å²) in [5, 5.41) is 8.69. The van der Waals surface area contributed by atoms with E-state index in [1.807, 2.05) is 0 Å². The van der Waals surface area contributed by atoms with E-state index in [0.29, 0.717) is 11.6 Å². The van der Waals surface area contributed by atoms with Crippen molar-refractivity contribution in [1.29, 1.82) is 0 Å². The van der Waals surface area contributed by atoms with Crippen molar-refractivity contribution < 1.29 is 5.11 Å². The average Bonchev–Trinajstić information content (AvgIpc) is 2.94. The summed E-state index contributed by atoms with van der Waals surface area (Å²) in [5.74, 6) is 0. The van der Waals surface area contributed by atoms with Gasteiger partial charge in [-0.2, -0.15) is 0 Å². The van der Waals surface area contributed by atoms with Crippen LogP contribution in [0.15, 0.2) is 0 Å². The van der Waals surface area contributed by atoms with Gasteiger partial charge in [0.05, 0.1) is 4.99 Å². The van der Waals surface area contributed by atoms with Crippen LogP contribution in [-0.2, 0) is 0 Å². The van der Waals surface area contributed by atoms with Gasteiger partial charge in [0.25, 0.3) is 0 Å². The molecule has 1 fully saturated rings. The number of unbranched alkanes of at least 4 members (excludes halogenated alkanes) is 1. The van der Waals surface area contributed by atoms with Crippen molar-refractivity contribution in [2.24, 2.45) is 5.73 Å². The third-order valence-corrected chi connectivity index (χ3v) is 2.77. The van der Waals surface area contributed by atoms with Gasteiger partial charge in [-0.15, -0.1) is 0 Å². The van der Waals surface area contributed by atoms with Gasteiger partial charge in [0.1, 0.15) is 0 Å². The van der Waals surface area contributed by atoms with Crippen LogP contribution < -0.4 is 5.73 Å². The molecule has 0 aromatic heterocycles.